The Bertz CT molecular complexity index is 553. The molecule has 21 heavy (non-hydrogen) atoms. The van der Waals surface area contributed by atoms with E-state index in [-0.39, 0.29) is 11.6 Å². The molecule has 0 bridgehead atoms. The largest absolute Gasteiger partial charge is 0.417 e. The van der Waals surface area contributed by atoms with Crippen LogP contribution in [0.4, 0.5) is 18.9 Å². The summed E-state index contributed by atoms with van der Waals surface area (Å²) in [6.07, 6.45) is -2.34. The molecular formula is C14H18F3N3O. The molecule has 1 aromatic rings. The van der Waals surface area contributed by atoms with Gasteiger partial charge in [-0.15, -0.1) is 0 Å². The summed E-state index contributed by atoms with van der Waals surface area (Å²) in [7, 11) is 1.78. The van der Waals surface area contributed by atoms with Crippen LogP contribution < -0.4 is 10.6 Å². The maximum Gasteiger partial charge on any atom is 0.417 e. The molecule has 1 atom stereocenters. The van der Waals surface area contributed by atoms with E-state index in [0.29, 0.717) is 11.6 Å². The van der Waals surface area contributed by atoms with Crippen LogP contribution in [-0.4, -0.2) is 24.1 Å². The van der Waals surface area contributed by atoms with Crippen molar-refractivity contribution in [1.82, 2.24) is 0 Å². The highest BCUT2D eigenvalue weighted by atomic mass is 19.4. The van der Waals surface area contributed by atoms with E-state index in [1.54, 1.807) is 13.1 Å². The third-order valence-corrected chi connectivity index (χ3v) is 4.01. The van der Waals surface area contributed by atoms with Gasteiger partial charge in [0.05, 0.1) is 5.56 Å². The first-order valence-electron chi connectivity index (χ1n) is 6.67. The zero-order valence-corrected chi connectivity index (χ0v) is 11.9. The van der Waals surface area contributed by atoms with E-state index in [4.69, 9.17) is 10.9 Å². The summed E-state index contributed by atoms with van der Waals surface area (Å²) in [5.41, 5.74) is 4.57. The lowest BCUT2D eigenvalue weighted by Gasteiger charge is -2.28. The molecule has 0 spiro atoms. The second-order valence-corrected chi connectivity index (χ2v) is 5.40. The fourth-order valence-corrected chi connectivity index (χ4v) is 2.39. The van der Waals surface area contributed by atoms with Gasteiger partial charge in [-0.2, -0.15) is 13.2 Å². The number of benzene rings is 1. The molecule has 0 radical (unpaired) electrons. The predicted octanol–water partition coefficient (Wildman–Crippen LogP) is 3.03. The van der Waals surface area contributed by atoms with E-state index < -0.39 is 17.6 Å². The molecule has 1 aliphatic carbocycles. The van der Waals surface area contributed by atoms with E-state index in [0.717, 1.165) is 18.9 Å². The molecular weight excluding hydrogens is 283 g/mol. The van der Waals surface area contributed by atoms with Crippen LogP contribution in [0.3, 0.4) is 0 Å². The maximum absolute atomic E-state index is 13.1. The van der Waals surface area contributed by atoms with Gasteiger partial charge in [0.15, 0.2) is 5.84 Å². The summed E-state index contributed by atoms with van der Waals surface area (Å²) in [4.78, 5) is 1.84. The quantitative estimate of drug-likeness (QED) is 0.389. The van der Waals surface area contributed by atoms with Crippen LogP contribution in [0, 0.1) is 5.92 Å². The lowest BCUT2D eigenvalue weighted by atomic mass is 10.0. The summed E-state index contributed by atoms with van der Waals surface area (Å²) in [5, 5.41) is 11.3. The van der Waals surface area contributed by atoms with Crippen molar-refractivity contribution in [3.05, 3.63) is 29.3 Å². The van der Waals surface area contributed by atoms with Crippen LogP contribution in [0.5, 0.6) is 0 Å². The van der Waals surface area contributed by atoms with Gasteiger partial charge in [0.25, 0.3) is 0 Å². The number of rotatable bonds is 4. The van der Waals surface area contributed by atoms with Gasteiger partial charge in [-0.1, -0.05) is 5.16 Å². The van der Waals surface area contributed by atoms with Crippen LogP contribution in [0.2, 0.25) is 0 Å². The molecule has 1 aromatic carbocycles. The number of hydrogen-bond donors (Lipinski definition) is 2. The fourth-order valence-electron chi connectivity index (χ4n) is 2.39. The lowest BCUT2D eigenvalue weighted by Crippen LogP contribution is -2.31. The molecule has 3 N–H and O–H groups in total. The Morgan fingerprint density at radius 1 is 1.43 bits per heavy atom. The topological polar surface area (TPSA) is 61.8 Å². The zero-order valence-electron chi connectivity index (χ0n) is 11.9. The van der Waals surface area contributed by atoms with Gasteiger partial charge in [-0.3, -0.25) is 0 Å². The Kier molecular flexibility index (Phi) is 4.02. The first kappa shape index (κ1) is 15.5. The van der Waals surface area contributed by atoms with Gasteiger partial charge in [0.2, 0.25) is 0 Å². The van der Waals surface area contributed by atoms with Gasteiger partial charge in [0.1, 0.15) is 0 Å². The van der Waals surface area contributed by atoms with Crippen LogP contribution in [0.25, 0.3) is 0 Å². The monoisotopic (exact) mass is 301 g/mol. The standard InChI is InChI=1S/C14H18F3N3O/c1-8(9-3-4-9)20(2)10-5-6-11(13(18)19-21)12(7-10)14(15,16)17/h5-9,21H,3-4H2,1-2H3,(H2,18,19). The molecule has 1 unspecified atom stereocenters. The van der Waals surface area contributed by atoms with Crippen molar-refractivity contribution in [2.24, 2.45) is 16.8 Å². The fraction of sp³-hybridized carbons (Fsp3) is 0.500. The third kappa shape index (κ3) is 3.22. The van der Waals surface area contributed by atoms with Crippen molar-refractivity contribution in [2.45, 2.75) is 32.0 Å². The number of nitrogens with two attached hydrogens (primary N) is 1. The highest BCUT2D eigenvalue weighted by Crippen LogP contribution is 2.38. The first-order valence-corrected chi connectivity index (χ1v) is 6.67. The molecule has 0 aliphatic heterocycles. The molecule has 2 rings (SSSR count). The Morgan fingerprint density at radius 3 is 2.52 bits per heavy atom. The van der Waals surface area contributed by atoms with E-state index >= 15 is 0 Å². The Balaban J connectivity index is 2.41. The second kappa shape index (κ2) is 5.46. The van der Waals surface area contributed by atoms with Crippen molar-refractivity contribution in [3.8, 4) is 0 Å². The average Bonchev–Trinajstić information content (AvgIpc) is 3.27. The molecule has 0 amide bonds. The number of oxime groups is 1. The minimum absolute atomic E-state index is 0.181. The SMILES string of the molecule is CC(C1CC1)N(C)c1ccc(/C(N)=N/O)c(C(F)(F)F)c1. The molecule has 1 fully saturated rings. The van der Waals surface area contributed by atoms with Crippen LogP contribution in [-0.2, 0) is 6.18 Å². The minimum Gasteiger partial charge on any atom is -0.409 e. The van der Waals surface area contributed by atoms with Gasteiger partial charge in [-0.05, 0) is 43.9 Å². The molecule has 4 nitrogen and oxygen atoms in total. The predicted molar refractivity (Wildman–Crippen MR) is 74.5 cm³/mol. The second-order valence-electron chi connectivity index (χ2n) is 5.40. The van der Waals surface area contributed by atoms with Crippen molar-refractivity contribution in [1.29, 1.82) is 0 Å². The Morgan fingerprint density at radius 2 is 2.05 bits per heavy atom. The van der Waals surface area contributed by atoms with E-state index in [2.05, 4.69) is 5.16 Å². The van der Waals surface area contributed by atoms with E-state index in [9.17, 15) is 13.2 Å². The van der Waals surface area contributed by atoms with Crippen LogP contribution >= 0.6 is 0 Å². The molecule has 0 aromatic heterocycles. The van der Waals surface area contributed by atoms with Crippen LogP contribution in [0.1, 0.15) is 30.9 Å². The first-order chi connectivity index (χ1) is 9.75. The van der Waals surface area contributed by atoms with Gasteiger partial charge >= 0.3 is 6.18 Å². The Hall–Kier alpha value is -1.92. The van der Waals surface area contributed by atoms with E-state index in [1.807, 2.05) is 11.8 Å². The highest BCUT2D eigenvalue weighted by Gasteiger charge is 2.36. The number of hydrogen-bond acceptors (Lipinski definition) is 3. The highest BCUT2D eigenvalue weighted by molar-refractivity contribution is 5.99. The number of halogens is 3. The summed E-state index contributed by atoms with van der Waals surface area (Å²) < 4.78 is 39.4. The van der Waals surface area contributed by atoms with Gasteiger partial charge in [-0.25, -0.2) is 0 Å². The lowest BCUT2D eigenvalue weighted by molar-refractivity contribution is -0.137. The number of amidine groups is 1. The summed E-state index contributed by atoms with van der Waals surface area (Å²) in [6, 6.07) is 4.03. The van der Waals surface area contributed by atoms with E-state index in [1.165, 1.54) is 6.07 Å². The molecule has 0 heterocycles. The molecule has 1 saturated carbocycles. The summed E-state index contributed by atoms with van der Waals surface area (Å²) in [5.74, 6) is -0.0140. The van der Waals surface area contributed by atoms with Crippen LogP contribution in [0.15, 0.2) is 23.4 Å². The van der Waals surface area contributed by atoms with Crippen molar-refractivity contribution in [2.75, 3.05) is 11.9 Å². The third-order valence-electron chi connectivity index (χ3n) is 4.01. The zero-order chi connectivity index (χ0) is 15.8. The molecule has 116 valence electrons. The molecule has 1 aliphatic rings. The minimum atomic E-state index is -4.57. The number of anilines is 1. The number of nitrogens with zero attached hydrogens (tertiary/aromatic N) is 2. The van der Waals surface area contributed by atoms with Gasteiger partial charge in [0, 0.05) is 24.3 Å². The Labute approximate surface area is 121 Å². The maximum atomic E-state index is 13.1. The summed E-state index contributed by atoms with van der Waals surface area (Å²) >= 11 is 0. The van der Waals surface area contributed by atoms with Crippen molar-refractivity contribution >= 4 is 11.5 Å². The molecule has 0 saturated heterocycles. The van der Waals surface area contributed by atoms with Gasteiger partial charge < -0.3 is 15.8 Å². The molecule has 7 heteroatoms. The average molecular weight is 301 g/mol. The van der Waals surface area contributed by atoms with Crippen molar-refractivity contribution < 1.29 is 18.4 Å². The summed E-state index contributed by atoms with van der Waals surface area (Å²) in [6.45, 7) is 2.00. The van der Waals surface area contributed by atoms with Crippen molar-refractivity contribution in [3.63, 3.8) is 0 Å². The smallest absolute Gasteiger partial charge is 0.409 e. The normalized spacial score (nSPS) is 17.7. The number of alkyl halides is 3.